The lowest BCUT2D eigenvalue weighted by molar-refractivity contribution is -0.143. The van der Waals surface area contributed by atoms with Gasteiger partial charge >= 0.3 is 5.97 Å². The fraction of sp³-hybridized carbons (Fsp3) is 0.583. The highest BCUT2D eigenvalue weighted by atomic mass is 16.5. The van der Waals surface area contributed by atoms with E-state index in [-0.39, 0.29) is 5.97 Å². The number of carbonyl (C=O) groups is 2. The van der Waals surface area contributed by atoms with Gasteiger partial charge in [-0.25, -0.2) is 4.98 Å². The summed E-state index contributed by atoms with van der Waals surface area (Å²) in [5.41, 5.74) is 0. The number of nitrogens with zero attached hydrogens (tertiary/aromatic N) is 2. The summed E-state index contributed by atoms with van der Waals surface area (Å²) in [5.74, 6) is 0.319. The normalized spacial score (nSPS) is 10.2. The predicted molar refractivity (Wildman–Crippen MR) is 62.7 cm³/mol. The van der Waals surface area contributed by atoms with Gasteiger partial charge in [0.05, 0.1) is 6.61 Å². The van der Waals surface area contributed by atoms with Crippen LogP contribution >= 0.6 is 0 Å². The van der Waals surface area contributed by atoms with E-state index in [0.29, 0.717) is 18.9 Å². The van der Waals surface area contributed by atoms with Crippen LogP contribution in [0.1, 0.15) is 43.2 Å². The first-order chi connectivity index (χ1) is 8.27. The maximum atomic E-state index is 11.1. The maximum absolute atomic E-state index is 11.1. The minimum Gasteiger partial charge on any atom is -0.466 e. The molecule has 0 aliphatic rings. The zero-order chi connectivity index (χ0) is 12.5. The minimum absolute atomic E-state index is 0.135. The van der Waals surface area contributed by atoms with Crippen LogP contribution in [0.3, 0.4) is 0 Å². The van der Waals surface area contributed by atoms with Gasteiger partial charge in [-0.2, -0.15) is 0 Å². The molecule has 0 aromatic carbocycles. The van der Waals surface area contributed by atoms with Gasteiger partial charge in [-0.05, 0) is 19.8 Å². The van der Waals surface area contributed by atoms with Crippen LogP contribution in [0.15, 0.2) is 12.4 Å². The van der Waals surface area contributed by atoms with Crippen molar-refractivity contribution in [1.29, 1.82) is 0 Å². The SMILES string of the molecule is CCOC(=O)CCCCCn1ccnc1C=O. The Labute approximate surface area is 101 Å². The van der Waals surface area contributed by atoms with Gasteiger partial charge in [0.15, 0.2) is 12.1 Å². The first-order valence-corrected chi connectivity index (χ1v) is 5.90. The Kier molecular flexibility index (Phi) is 5.99. The van der Waals surface area contributed by atoms with Crippen LogP contribution in [0.5, 0.6) is 0 Å². The third kappa shape index (κ3) is 4.80. The fourth-order valence-corrected chi connectivity index (χ4v) is 1.59. The van der Waals surface area contributed by atoms with Gasteiger partial charge in [0, 0.05) is 25.4 Å². The Hall–Kier alpha value is -1.65. The molecule has 1 aromatic rings. The number of carbonyl (C=O) groups excluding carboxylic acids is 2. The summed E-state index contributed by atoms with van der Waals surface area (Å²) in [6, 6.07) is 0. The molecule has 5 heteroatoms. The van der Waals surface area contributed by atoms with Crippen LogP contribution in [-0.4, -0.2) is 28.4 Å². The number of hydrogen-bond acceptors (Lipinski definition) is 4. The smallest absolute Gasteiger partial charge is 0.305 e. The Morgan fingerprint density at radius 1 is 1.47 bits per heavy atom. The Morgan fingerprint density at radius 2 is 2.29 bits per heavy atom. The molecule has 1 rings (SSSR count). The van der Waals surface area contributed by atoms with Crippen molar-refractivity contribution < 1.29 is 14.3 Å². The average molecular weight is 238 g/mol. The second-order valence-electron chi connectivity index (χ2n) is 3.71. The van der Waals surface area contributed by atoms with Crippen molar-refractivity contribution in [1.82, 2.24) is 9.55 Å². The number of esters is 1. The second-order valence-corrected chi connectivity index (χ2v) is 3.71. The summed E-state index contributed by atoms with van der Waals surface area (Å²) in [6.07, 6.45) is 7.31. The van der Waals surface area contributed by atoms with Crippen LogP contribution in [0.25, 0.3) is 0 Å². The number of unbranched alkanes of at least 4 members (excludes halogenated alkanes) is 2. The number of imidazole rings is 1. The van der Waals surface area contributed by atoms with E-state index in [1.807, 2.05) is 4.57 Å². The molecular formula is C12H18N2O3. The summed E-state index contributed by atoms with van der Waals surface area (Å²) in [4.78, 5) is 25.6. The van der Waals surface area contributed by atoms with Gasteiger partial charge < -0.3 is 9.30 Å². The molecular weight excluding hydrogens is 220 g/mol. The lowest BCUT2D eigenvalue weighted by Crippen LogP contribution is -2.04. The largest absolute Gasteiger partial charge is 0.466 e. The molecule has 17 heavy (non-hydrogen) atoms. The molecule has 1 heterocycles. The van der Waals surface area contributed by atoms with E-state index in [0.717, 1.165) is 32.1 Å². The van der Waals surface area contributed by atoms with Gasteiger partial charge in [0.2, 0.25) is 0 Å². The summed E-state index contributed by atoms with van der Waals surface area (Å²) in [6.45, 7) is 3.01. The van der Waals surface area contributed by atoms with E-state index in [4.69, 9.17) is 4.74 Å². The number of rotatable bonds is 8. The molecule has 94 valence electrons. The van der Waals surface area contributed by atoms with Crippen LogP contribution in [0, 0.1) is 0 Å². The van der Waals surface area contributed by atoms with Gasteiger partial charge in [0.25, 0.3) is 0 Å². The maximum Gasteiger partial charge on any atom is 0.305 e. The van der Waals surface area contributed by atoms with Gasteiger partial charge in [-0.15, -0.1) is 0 Å². The van der Waals surface area contributed by atoms with Crippen molar-refractivity contribution in [2.45, 2.75) is 39.2 Å². The van der Waals surface area contributed by atoms with E-state index in [2.05, 4.69) is 4.98 Å². The van der Waals surface area contributed by atoms with Crippen molar-refractivity contribution in [2.24, 2.45) is 0 Å². The first kappa shape index (κ1) is 13.4. The quantitative estimate of drug-likeness (QED) is 0.394. The molecule has 0 unspecified atom stereocenters. The Morgan fingerprint density at radius 3 is 3.00 bits per heavy atom. The third-order valence-corrected chi connectivity index (χ3v) is 2.44. The summed E-state index contributed by atoms with van der Waals surface area (Å²) < 4.78 is 6.65. The standard InChI is InChI=1S/C12H18N2O3/c1-2-17-12(16)6-4-3-5-8-14-9-7-13-11(14)10-15/h7,9-10H,2-6,8H2,1H3. The molecule has 1 aromatic heterocycles. The van der Waals surface area contributed by atoms with Crippen molar-refractivity contribution in [2.75, 3.05) is 6.61 Å². The van der Waals surface area contributed by atoms with Gasteiger partial charge in [-0.1, -0.05) is 6.42 Å². The molecule has 0 spiro atoms. The predicted octanol–water partition coefficient (Wildman–Crippen LogP) is 1.82. The summed E-state index contributed by atoms with van der Waals surface area (Å²) in [5, 5.41) is 0. The molecule has 0 aliphatic carbocycles. The second kappa shape index (κ2) is 7.60. The minimum atomic E-state index is -0.135. The monoisotopic (exact) mass is 238 g/mol. The molecule has 0 radical (unpaired) electrons. The molecule has 0 bridgehead atoms. The van der Waals surface area contributed by atoms with Crippen molar-refractivity contribution in [3.63, 3.8) is 0 Å². The van der Waals surface area contributed by atoms with Crippen LogP contribution in [0.2, 0.25) is 0 Å². The summed E-state index contributed by atoms with van der Waals surface area (Å²) in [7, 11) is 0. The highest BCUT2D eigenvalue weighted by molar-refractivity contribution is 5.69. The fourth-order valence-electron chi connectivity index (χ4n) is 1.59. The topological polar surface area (TPSA) is 61.2 Å². The zero-order valence-electron chi connectivity index (χ0n) is 10.1. The van der Waals surface area contributed by atoms with Crippen molar-refractivity contribution in [3.8, 4) is 0 Å². The van der Waals surface area contributed by atoms with Crippen molar-refractivity contribution >= 4 is 12.3 Å². The molecule has 0 fully saturated rings. The van der Waals surface area contributed by atoms with Crippen molar-refractivity contribution in [3.05, 3.63) is 18.2 Å². The van der Waals surface area contributed by atoms with E-state index in [1.54, 1.807) is 19.3 Å². The van der Waals surface area contributed by atoms with E-state index < -0.39 is 0 Å². The molecule has 0 N–H and O–H groups in total. The van der Waals surface area contributed by atoms with Gasteiger partial charge in [0.1, 0.15) is 0 Å². The Bertz CT molecular complexity index is 360. The van der Waals surface area contributed by atoms with Crippen LogP contribution in [0.4, 0.5) is 0 Å². The lowest BCUT2D eigenvalue weighted by atomic mass is 10.2. The summed E-state index contributed by atoms with van der Waals surface area (Å²) >= 11 is 0. The molecule has 0 amide bonds. The average Bonchev–Trinajstić information content (AvgIpc) is 2.76. The van der Waals surface area contributed by atoms with Crippen LogP contribution < -0.4 is 0 Å². The first-order valence-electron chi connectivity index (χ1n) is 5.90. The number of aromatic nitrogens is 2. The number of aldehydes is 1. The van der Waals surface area contributed by atoms with Gasteiger partial charge in [-0.3, -0.25) is 9.59 Å². The molecule has 0 saturated carbocycles. The van der Waals surface area contributed by atoms with E-state index >= 15 is 0 Å². The number of aryl methyl sites for hydroxylation is 1. The van der Waals surface area contributed by atoms with E-state index in [1.165, 1.54) is 0 Å². The third-order valence-electron chi connectivity index (χ3n) is 2.44. The highest BCUT2D eigenvalue weighted by Crippen LogP contribution is 2.04. The number of ether oxygens (including phenoxy) is 1. The van der Waals surface area contributed by atoms with E-state index in [9.17, 15) is 9.59 Å². The molecule has 0 saturated heterocycles. The highest BCUT2D eigenvalue weighted by Gasteiger charge is 2.02. The zero-order valence-corrected chi connectivity index (χ0v) is 10.1. The molecule has 0 aliphatic heterocycles. The molecule has 5 nitrogen and oxygen atoms in total. The molecule has 0 atom stereocenters. The van der Waals surface area contributed by atoms with Crippen LogP contribution in [-0.2, 0) is 16.1 Å². The number of hydrogen-bond donors (Lipinski definition) is 0. The Balaban J connectivity index is 2.12. The lowest BCUT2D eigenvalue weighted by Gasteiger charge is -2.04.